The molecule has 0 radical (unpaired) electrons. The van der Waals surface area contributed by atoms with Crippen molar-refractivity contribution >= 4 is 17.6 Å². The van der Waals surface area contributed by atoms with Gasteiger partial charge in [0.1, 0.15) is 13.2 Å². The van der Waals surface area contributed by atoms with Crippen molar-refractivity contribution in [3.8, 4) is 0 Å². The fraction of sp³-hybridized carbons (Fsp3) is 0.886. The first-order valence-electron chi connectivity index (χ1n) is 21.4. The summed E-state index contributed by atoms with van der Waals surface area (Å²) in [6.45, 7) is 6.97. The summed E-state index contributed by atoms with van der Waals surface area (Å²) in [6, 6.07) is 0. The van der Waals surface area contributed by atoms with Crippen molar-refractivity contribution in [2.75, 3.05) is 33.8 Å². The van der Waals surface area contributed by atoms with E-state index in [4.69, 9.17) is 16.3 Å². The standard InChI is InChI=1S/C44H81ClNO4/c1-5-7-8-9-10-11-12-13-14-15-16-17-18-19-22-25-34-46(3,4)35-36-50-43(49)31-24-21-20-23-28-38-39(41(47)37-40(38)45)29-26-30-42(48)44(6-2)32-27-33-44/h20,23,26,29,38-42,47-48H,5-19,21-22,24-25,27-28,30-37H2,1-4H3/q+1/b23-20-,29-26+/t38-,39-,40-,41-,42+/m1/s1. The number of aliphatic hydroxyl groups excluding tert-OH is 2. The van der Waals surface area contributed by atoms with Crippen LogP contribution >= 0.6 is 11.6 Å². The first-order chi connectivity index (χ1) is 24.1. The molecule has 6 heteroatoms. The van der Waals surface area contributed by atoms with Crippen LogP contribution in [-0.4, -0.2) is 72.0 Å². The van der Waals surface area contributed by atoms with Gasteiger partial charge in [-0.2, -0.15) is 0 Å². The van der Waals surface area contributed by atoms with E-state index < -0.39 is 6.10 Å². The van der Waals surface area contributed by atoms with Gasteiger partial charge in [-0.05, 0) is 75.5 Å². The van der Waals surface area contributed by atoms with Gasteiger partial charge in [0.05, 0.1) is 32.8 Å². The van der Waals surface area contributed by atoms with Crippen molar-refractivity contribution in [1.82, 2.24) is 0 Å². The van der Waals surface area contributed by atoms with Crippen molar-refractivity contribution < 1.29 is 24.2 Å². The highest BCUT2D eigenvalue weighted by molar-refractivity contribution is 6.21. The molecule has 292 valence electrons. The molecular formula is C44H81ClNO4+. The van der Waals surface area contributed by atoms with E-state index in [0.29, 0.717) is 25.9 Å². The second-order valence-corrected chi connectivity index (χ2v) is 17.4. The number of halogens is 1. The molecule has 2 N–H and O–H groups in total. The van der Waals surface area contributed by atoms with Crippen molar-refractivity contribution in [1.29, 1.82) is 0 Å². The molecule has 0 unspecified atom stereocenters. The third kappa shape index (κ3) is 18.7. The number of likely N-dealkylation sites (N-methyl/N-ethyl adjacent to an activating group) is 1. The van der Waals surface area contributed by atoms with E-state index in [9.17, 15) is 15.0 Å². The lowest BCUT2D eigenvalue weighted by molar-refractivity contribution is -0.890. The van der Waals surface area contributed by atoms with Crippen LogP contribution in [0.4, 0.5) is 0 Å². The molecule has 2 aliphatic rings. The molecule has 2 saturated carbocycles. The van der Waals surface area contributed by atoms with Crippen LogP contribution in [0.2, 0.25) is 0 Å². The highest BCUT2D eigenvalue weighted by atomic mass is 35.5. The van der Waals surface area contributed by atoms with E-state index in [1.165, 1.54) is 109 Å². The van der Waals surface area contributed by atoms with Crippen LogP contribution in [0.25, 0.3) is 0 Å². The molecule has 0 spiro atoms. The van der Waals surface area contributed by atoms with Gasteiger partial charge in [0.2, 0.25) is 0 Å². The van der Waals surface area contributed by atoms with Crippen LogP contribution in [0.15, 0.2) is 24.3 Å². The van der Waals surface area contributed by atoms with Gasteiger partial charge >= 0.3 is 5.97 Å². The number of quaternary nitrogens is 1. The number of esters is 1. The van der Waals surface area contributed by atoms with E-state index in [2.05, 4.69) is 52.2 Å². The summed E-state index contributed by atoms with van der Waals surface area (Å²) in [5.74, 6) is 0.112. The summed E-state index contributed by atoms with van der Waals surface area (Å²) in [6.07, 6.45) is 38.7. The van der Waals surface area contributed by atoms with Gasteiger partial charge in [-0.1, -0.05) is 134 Å². The molecule has 50 heavy (non-hydrogen) atoms. The van der Waals surface area contributed by atoms with Gasteiger partial charge in [-0.15, -0.1) is 11.6 Å². The summed E-state index contributed by atoms with van der Waals surface area (Å²) < 4.78 is 6.49. The summed E-state index contributed by atoms with van der Waals surface area (Å²) in [7, 11) is 4.50. The number of rotatable bonds is 31. The summed E-state index contributed by atoms with van der Waals surface area (Å²) >= 11 is 6.65. The van der Waals surface area contributed by atoms with Crippen LogP contribution in [0.3, 0.4) is 0 Å². The molecule has 0 aromatic heterocycles. The minimum Gasteiger partial charge on any atom is -0.460 e. The molecule has 0 aliphatic heterocycles. The largest absolute Gasteiger partial charge is 0.460 e. The predicted molar refractivity (Wildman–Crippen MR) is 214 cm³/mol. The minimum absolute atomic E-state index is 0.0232. The Balaban J connectivity index is 1.45. The van der Waals surface area contributed by atoms with E-state index in [1.807, 2.05) is 0 Å². The zero-order chi connectivity index (χ0) is 36.5. The van der Waals surface area contributed by atoms with Crippen molar-refractivity contribution in [3.05, 3.63) is 24.3 Å². The van der Waals surface area contributed by atoms with Gasteiger partial charge < -0.3 is 19.4 Å². The maximum Gasteiger partial charge on any atom is 0.306 e. The molecule has 0 amide bonds. The molecule has 0 bridgehead atoms. The molecule has 0 aromatic rings. The number of hydrogen-bond donors (Lipinski definition) is 2. The zero-order valence-corrected chi connectivity index (χ0v) is 34.0. The fourth-order valence-electron chi connectivity index (χ4n) is 8.25. The van der Waals surface area contributed by atoms with Crippen LogP contribution in [0.1, 0.15) is 181 Å². The van der Waals surface area contributed by atoms with Gasteiger partial charge in [-0.3, -0.25) is 4.79 Å². The second-order valence-electron chi connectivity index (χ2n) is 16.8. The molecule has 2 aliphatic carbocycles. The SMILES string of the molecule is CCCCCCCCCCCCCCCCCC[N+](C)(C)CCOC(=O)CCC/C=C\C[C@@H]1[C@@H](/C=C/C[C@H](O)C2(CC)CCC2)[C@H](O)C[C@H]1Cl. The highest BCUT2D eigenvalue weighted by Gasteiger charge is 2.42. The van der Waals surface area contributed by atoms with E-state index in [1.54, 1.807) is 0 Å². The molecule has 5 nitrogen and oxygen atoms in total. The van der Waals surface area contributed by atoms with E-state index in [-0.39, 0.29) is 34.7 Å². The van der Waals surface area contributed by atoms with Gasteiger partial charge in [0.15, 0.2) is 0 Å². The molecule has 2 fully saturated rings. The number of nitrogens with zero attached hydrogens (tertiary/aromatic N) is 1. The number of carbonyl (C=O) groups is 1. The average molecular weight is 724 g/mol. The molecule has 2 rings (SSSR count). The van der Waals surface area contributed by atoms with Crippen LogP contribution in [-0.2, 0) is 9.53 Å². The molecular weight excluding hydrogens is 642 g/mol. The van der Waals surface area contributed by atoms with Crippen molar-refractivity contribution in [3.63, 3.8) is 0 Å². The summed E-state index contributed by atoms with van der Waals surface area (Å²) in [5.41, 5.74) is 0.100. The topological polar surface area (TPSA) is 66.8 Å². The Morgan fingerprint density at radius 2 is 1.42 bits per heavy atom. The number of carbonyl (C=O) groups excluding carboxylic acids is 1. The third-order valence-electron chi connectivity index (χ3n) is 12.3. The van der Waals surface area contributed by atoms with Crippen molar-refractivity contribution in [2.24, 2.45) is 17.3 Å². The lowest BCUT2D eigenvalue weighted by Crippen LogP contribution is -2.43. The molecule has 0 aromatic carbocycles. The summed E-state index contributed by atoms with van der Waals surface area (Å²) in [5, 5.41) is 21.3. The predicted octanol–water partition coefficient (Wildman–Crippen LogP) is 11.5. The Bertz CT molecular complexity index is 910. The monoisotopic (exact) mass is 723 g/mol. The number of hydrogen-bond acceptors (Lipinski definition) is 4. The van der Waals surface area contributed by atoms with E-state index >= 15 is 0 Å². The zero-order valence-electron chi connectivity index (χ0n) is 33.2. The second kappa shape index (κ2) is 26.8. The number of alkyl halides is 1. The molecule has 5 atom stereocenters. The highest BCUT2D eigenvalue weighted by Crippen LogP contribution is 2.48. The van der Waals surface area contributed by atoms with Crippen LogP contribution in [0, 0.1) is 17.3 Å². The smallest absolute Gasteiger partial charge is 0.306 e. The summed E-state index contributed by atoms with van der Waals surface area (Å²) in [4.78, 5) is 12.3. The maximum atomic E-state index is 12.3. The van der Waals surface area contributed by atoms with Crippen molar-refractivity contribution in [2.45, 2.75) is 198 Å². The maximum absolute atomic E-state index is 12.3. The number of aliphatic hydroxyl groups is 2. The number of ether oxygens (including phenoxy) is 1. The molecule has 0 heterocycles. The normalized spacial score (nSPS) is 22.8. The molecule has 0 saturated heterocycles. The Kier molecular flexibility index (Phi) is 24.3. The quantitative estimate of drug-likeness (QED) is 0.0246. The van der Waals surface area contributed by atoms with Gasteiger partial charge in [0.25, 0.3) is 0 Å². The third-order valence-corrected chi connectivity index (χ3v) is 12.8. The van der Waals surface area contributed by atoms with Crippen LogP contribution in [0.5, 0.6) is 0 Å². The Morgan fingerprint density at radius 3 is 1.96 bits per heavy atom. The Morgan fingerprint density at radius 1 is 0.840 bits per heavy atom. The average Bonchev–Trinajstić information content (AvgIpc) is 3.33. The van der Waals surface area contributed by atoms with Crippen LogP contribution < -0.4 is 0 Å². The van der Waals surface area contributed by atoms with E-state index in [0.717, 1.165) is 56.1 Å². The first-order valence-corrected chi connectivity index (χ1v) is 21.9. The Labute approximate surface area is 314 Å². The Hall–Kier alpha value is -0.880. The number of unbranched alkanes of at least 4 members (excludes halogenated alkanes) is 16. The lowest BCUT2D eigenvalue weighted by atomic mass is 9.63. The fourth-order valence-corrected chi connectivity index (χ4v) is 8.70. The van der Waals surface area contributed by atoms with Gasteiger partial charge in [0, 0.05) is 17.7 Å². The van der Waals surface area contributed by atoms with Gasteiger partial charge in [-0.25, -0.2) is 0 Å². The number of allylic oxidation sites excluding steroid dienone is 2. The minimum atomic E-state index is -0.430. The first kappa shape index (κ1) is 45.3. The lowest BCUT2D eigenvalue weighted by Gasteiger charge is -2.45.